The van der Waals surface area contributed by atoms with Gasteiger partial charge < -0.3 is 9.67 Å². The Morgan fingerprint density at radius 1 is 1.12 bits per heavy atom. The second kappa shape index (κ2) is 5.17. The molecule has 0 saturated heterocycles. The zero-order chi connectivity index (χ0) is 11.4. The summed E-state index contributed by atoms with van der Waals surface area (Å²) in [5.41, 5.74) is 2.65. The van der Waals surface area contributed by atoms with E-state index >= 15 is 0 Å². The van der Waals surface area contributed by atoms with E-state index in [2.05, 4.69) is 41.8 Å². The summed E-state index contributed by atoms with van der Waals surface area (Å²) in [6.45, 7) is 3.52. The van der Waals surface area contributed by atoms with E-state index < -0.39 is 0 Å². The summed E-state index contributed by atoms with van der Waals surface area (Å²) in [5, 5.41) is 10.1. The first-order chi connectivity index (χ1) is 7.83. The molecule has 0 fully saturated rings. The van der Waals surface area contributed by atoms with E-state index in [4.69, 9.17) is 5.11 Å². The molecule has 2 heteroatoms. The fourth-order valence-corrected chi connectivity index (χ4v) is 2.20. The third-order valence-corrected chi connectivity index (χ3v) is 3.06. The summed E-state index contributed by atoms with van der Waals surface area (Å²) in [6.07, 6.45) is 3.15. The summed E-state index contributed by atoms with van der Waals surface area (Å²) >= 11 is 0. The molecule has 2 rings (SSSR count). The van der Waals surface area contributed by atoms with Gasteiger partial charge in [-0.1, -0.05) is 18.2 Å². The van der Waals surface area contributed by atoms with Crippen LogP contribution in [0.3, 0.4) is 0 Å². The van der Waals surface area contributed by atoms with E-state index in [9.17, 15) is 0 Å². The number of para-hydroxylation sites is 1. The molecule has 2 aromatic rings. The predicted octanol–water partition coefficient (Wildman–Crippen LogP) is 3.11. The van der Waals surface area contributed by atoms with Crippen molar-refractivity contribution in [3.05, 3.63) is 36.0 Å². The highest BCUT2D eigenvalue weighted by atomic mass is 16.2. The fraction of sp³-hybridized carbons (Fsp3) is 0.429. The van der Waals surface area contributed by atoms with Crippen LogP contribution >= 0.6 is 0 Å². The second-order valence-corrected chi connectivity index (χ2v) is 4.28. The number of hydrogen-bond donors (Lipinski definition) is 1. The van der Waals surface area contributed by atoms with Gasteiger partial charge in [-0.05, 0) is 43.7 Å². The zero-order valence-corrected chi connectivity index (χ0v) is 9.82. The summed E-state index contributed by atoms with van der Waals surface area (Å²) in [5.74, 6) is 0. The van der Waals surface area contributed by atoms with Crippen LogP contribution in [0.5, 0.6) is 0 Å². The molecule has 0 aliphatic rings. The van der Waals surface area contributed by atoms with Gasteiger partial charge in [0.05, 0.1) is 0 Å². The molecular formula is C14H19NO. The first kappa shape index (κ1) is 11.2. The predicted molar refractivity (Wildman–Crippen MR) is 67.6 cm³/mol. The fourth-order valence-electron chi connectivity index (χ4n) is 2.20. The van der Waals surface area contributed by atoms with Gasteiger partial charge in [0.25, 0.3) is 0 Å². The minimum atomic E-state index is 0.311. The average molecular weight is 217 g/mol. The van der Waals surface area contributed by atoms with E-state index in [-0.39, 0.29) is 0 Å². The van der Waals surface area contributed by atoms with Crippen LogP contribution in [-0.2, 0) is 6.54 Å². The van der Waals surface area contributed by atoms with Gasteiger partial charge in [-0.2, -0.15) is 0 Å². The molecule has 0 amide bonds. The van der Waals surface area contributed by atoms with Crippen LogP contribution < -0.4 is 0 Å². The van der Waals surface area contributed by atoms with E-state index in [1.54, 1.807) is 0 Å². The van der Waals surface area contributed by atoms with Crippen LogP contribution in [0.25, 0.3) is 10.9 Å². The van der Waals surface area contributed by atoms with Crippen molar-refractivity contribution < 1.29 is 5.11 Å². The quantitative estimate of drug-likeness (QED) is 0.765. The number of hydrogen-bond acceptors (Lipinski definition) is 1. The normalized spacial score (nSPS) is 11.1. The van der Waals surface area contributed by atoms with Gasteiger partial charge in [-0.15, -0.1) is 0 Å². The lowest BCUT2D eigenvalue weighted by molar-refractivity contribution is 0.282. The van der Waals surface area contributed by atoms with Gasteiger partial charge in [0.15, 0.2) is 0 Å². The monoisotopic (exact) mass is 217 g/mol. The average Bonchev–Trinajstić information content (AvgIpc) is 2.61. The minimum absolute atomic E-state index is 0.311. The third-order valence-electron chi connectivity index (χ3n) is 3.06. The SMILES string of the molecule is Cc1cc2ccccc2n1CCCCCO. The largest absolute Gasteiger partial charge is 0.396 e. The molecule has 0 spiro atoms. The van der Waals surface area contributed by atoms with Gasteiger partial charge in [-0.3, -0.25) is 0 Å². The maximum atomic E-state index is 8.74. The number of benzene rings is 1. The van der Waals surface area contributed by atoms with Crippen LogP contribution in [-0.4, -0.2) is 16.3 Å². The molecule has 0 saturated carbocycles. The highest BCUT2D eigenvalue weighted by Crippen LogP contribution is 2.19. The lowest BCUT2D eigenvalue weighted by atomic mass is 10.2. The minimum Gasteiger partial charge on any atom is -0.396 e. The Balaban J connectivity index is 2.13. The highest BCUT2D eigenvalue weighted by Gasteiger charge is 2.03. The molecule has 0 aliphatic carbocycles. The van der Waals surface area contributed by atoms with Crippen molar-refractivity contribution >= 4 is 10.9 Å². The molecule has 1 aromatic carbocycles. The zero-order valence-electron chi connectivity index (χ0n) is 9.82. The number of rotatable bonds is 5. The van der Waals surface area contributed by atoms with Crippen molar-refractivity contribution in [1.29, 1.82) is 0 Å². The van der Waals surface area contributed by atoms with Crippen LogP contribution in [0.1, 0.15) is 25.0 Å². The number of aryl methyl sites for hydroxylation is 2. The molecule has 1 heterocycles. The van der Waals surface area contributed by atoms with Gasteiger partial charge in [0, 0.05) is 24.4 Å². The number of aliphatic hydroxyl groups is 1. The first-order valence-corrected chi connectivity index (χ1v) is 5.98. The van der Waals surface area contributed by atoms with E-state index in [0.29, 0.717) is 6.61 Å². The van der Waals surface area contributed by atoms with Crippen molar-refractivity contribution in [1.82, 2.24) is 4.57 Å². The van der Waals surface area contributed by atoms with Crippen molar-refractivity contribution in [2.75, 3.05) is 6.61 Å². The number of aliphatic hydroxyl groups excluding tert-OH is 1. The Labute approximate surface area is 96.5 Å². The third kappa shape index (κ3) is 2.27. The van der Waals surface area contributed by atoms with Crippen LogP contribution in [0, 0.1) is 6.92 Å². The molecule has 0 unspecified atom stereocenters. The molecule has 1 N–H and O–H groups in total. The van der Waals surface area contributed by atoms with Crippen LogP contribution in [0.15, 0.2) is 30.3 Å². The standard InChI is InChI=1S/C14H19NO/c1-12-11-13-7-3-4-8-14(13)15(12)9-5-2-6-10-16/h3-4,7-8,11,16H,2,5-6,9-10H2,1H3. The number of nitrogens with zero attached hydrogens (tertiary/aromatic N) is 1. The Hall–Kier alpha value is -1.28. The molecule has 0 bridgehead atoms. The van der Waals surface area contributed by atoms with Crippen molar-refractivity contribution in [3.8, 4) is 0 Å². The Kier molecular flexibility index (Phi) is 3.62. The van der Waals surface area contributed by atoms with Crippen molar-refractivity contribution in [2.45, 2.75) is 32.7 Å². The van der Waals surface area contributed by atoms with Crippen LogP contribution in [0.4, 0.5) is 0 Å². The first-order valence-electron chi connectivity index (χ1n) is 5.98. The second-order valence-electron chi connectivity index (χ2n) is 4.28. The molecule has 0 radical (unpaired) electrons. The molecule has 86 valence electrons. The lowest BCUT2D eigenvalue weighted by Crippen LogP contribution is -2.00. The summed E-state index contributed by atoms with van der Waals surface area (Å²) in [4.78, 5) is 0. The molecule has 1 aromatic heterocycles. The van der Waals surface area contributed by atoms with Crippen LogP contribution in [0.2, 0.25) is 0 Å². The Bertz CT molecular complexity index is 459. The van der Waals surface area contributed by atoms with Gasteiger partial charge in [-0.25, -0.2) is 0 Å². The van der Waals surface area contributed by atoms with E-state index in [1.165, 1.54) is 16.6 Å². The summed E-state index contributed by atoms with van der Waals surface area (Å²) in [7, 11) is 0. The number of unbranched alkanes of at least 4 members (excludes halogenated alkanes) is 2. The topological polar surface area (TPSA) is 25.2 Å². The summed E-state index contributed by atoms with van der Waals surface area (Å²) < 4.78 is 2.37. The van der Waals surface area contributed by atoms with Gasteiger partial charge >= 0.3 is 0 Å². The molecule has 0 aliphatic heterocycles. The van der Waals surface area contributed by atoms with E-state index in [0.717, 1.165) is 25.8 Å². The molecule has 0 atom stereocenters. The molecule has 2 nitrogen and oxygen atoms in total. The number of aromatic nitrogens is 1. The smallest absolute Gasteiger partial charge is 0.0482 e. The molecule has 16 heavy (non-hydrogen) atoms. The lowest BCUT2D eigenvalue weighted by Gasteiger charge is -2.07. The van der Waals surface area contributed by atoms with Crippen molar-refractivity contribution in [2.24, 2.45) is 0 Å². The van der Waals surface area contributed by atoms with Crippen molar-refractivity contribution in [3.63, 3.8) is 0 Å². The highest BCUT2D eigenvalue weighted by molar-refractivity contribution is 5.81. The molecular weight excluding hydrogens is 198 g/mol. The maximum absolute atomic E-state index is 8.74. The Morgan fingerprint density at radius 2 is 1.94 bits per heavy atom. The van der Waals surface area contributed by atoms with Gasteiger partial charge in [0.2, 0.25) is 0 Å². The van der Waals surface area contributed by atoms with E-state index in [1.807, 2.05) is 0 Å². The summed E-state index contributed by atoms with van der Waals surface area (Å²) in [6, 6.07) is 10.7. The maximum Gasteiger partial charge on any atom is 0.0482 e. The van der Waals surface area contributed by atoms with Gasteiger partial charge in [0.1, 0.15) is 0 Å². The Morgan fingerprint density at radius 3 is 2.75 bits per heavy atom. The number of fused-ring (bicyclic) bond motifs is 1.